The quantitative estimate of drug-likeness (QED) is 0.533. The summed E-state index contributed by atoms with van der Waals surface area (Å²) in [7, 11) is 0.429. The van der Waals surface area contributed by atoms with E-state index in [1.807, 2.05) is 63.5 Å². The first-order valence-electron chi connectivity index (χ1n) is 10.0. The van der Waals surface area contributed by atoms with Crippen LogP contribution in [0.5, 0.6) is 0 Å². The Morgan fingerprint density at radius 3 is 2.47 bits per heavy atom. The minimum Gasteiger partial charge on any atom is -0.355 e. The third-order valence-electron chi connectivity index (χ3n) is 4.98. The second kappa shape index (κ2) is 9.45. The molecule has 0 unspecified atom stereocenters. The zero-order valence-electron chi connectivity index (χ0n) is 17.8. The number of para-hydroxylation sites is 1. The number of sulfone groups is 1. The predicted octanol–water partition coefficient (Wildman–Crippen LogP) is 2.99. The van der Waals surface area contributed by atoms with Crippen LogP contribution in [-0.4, -0.2) is 51.0 Å². The molecule has 3 aromatic rings. The lowest BCUT2D eigenvalue weighted by molar-refractivity contribution is -0.121. The van der Waals surface area contributed by atoms with E-state index in [9.17, 15) is 13.2 Å². The van der Waals surface area contributed by atoms with Crippen LogP contribution in [-0.2, 0) is 26.9 Å². The van der Waals surface area contributed by atoms with Crippen molar-refractivity contribution in [3.63, 3.8) is 0 Å². The number of nitrogens with zero attached hydrogens (tertiary/aromatic N) is 2. The lowest BCUT2D eigenvalue weighted by Gasteiger charge is -2.10. The van der Waals surface area contributed by atoms with Crippen molar-refractivity contribution in [1.82, 2.24) is 14.8 Å². The van der Waals surface area contributed by atoms with Gasteiger partial charge in [-0.05, 0) is 45.6 Å². The number of carbonyl (C=O) groups excluding carboxylic acids is 1. The van der Waals surface area contributed by atoms with Crippen molar-refractivity contribution in [3.8, 4) is 0 Å². The molecule has 0 aliphatic heterocycles. The smallest absolute Gasteiger partial charge is 0.239 e. The second-order valence-electron chi connectivity index (χ2n) is 7.89. The maximum atomic E-state index is 13.2. The van der Waals surface area contributed by atoms with Gasteiger partial charge in [-0.15, -0.1) is 0 Å². The lowest BCUT2D eigenvalue weighted by Crippen LogP contribution is -2.30. The van der Waals surface area contributed by atoms with Gasteiger partial charge in [0.05, 0.1) is 10.6 Å². The zero-order valence-corrected chi connectivity index (χ0v) is 18.6. The topological polar surface area (TPSA) is 71.4 Å². The highest BCUT2D eigenvalue weighted by molar-refractivity contribution is 7.90. The largest absolute Gasteiger partial charge is 0.355 e. The Morgan fingerprint density at radius 1 is 1.07 bits per heavy atom. The summed E-state index contributed by atoms with van der Waals surface area (Å²) >= 11 is 0. The Bertz CT molecular complexity index is 1120. The molecule has 0 fully saturated rings. The zero-order chi connectivity index (χ0) is 21.7. The molecule has 0 bridgehead atoms. The number of nitrogens with one attached hydrogen (secondary N) is 1. The number of hydrogen-bond acceptors (Lipinski definition) is 4. The maximum absolute atomic E-state index is 13.2. The Labute approximate surface area is 178 Å². The standard InChI is InChI=1S/C23H29N3O3S/c1-18-9-11-19(12-10-18)17-30(28,29)22-15-26(21-8-5-4-7-20(21)22)16-23(27)24-13-6-14-25(2)3/h4-5,7-12,15H,6,13-14,16-17H2,1-3H3,(H,24,27). The number of benzene rings is 2. The molecule has 7 heteroatoms. The fraction of sp³-hybridized carbons (Fsp3) is 0.348. The first-order chi connectivity index (χ1) is 14.3. The minimum atomic E-state index is -3.56. The second-order valence-corrected chi connectivity index (χ2v) is 9.85. The average molecular weight is 428 g/mol. The third-order valence-corrected chi connectivity index (χ3v) is 6.69. The van der Waals surface area contributed by atoms with E-state index in [1.165, 1.54) is 0 Å². The fourth-order valence-corrected chi connectivity index (χ4v) is 4.99. The van der Waals surface area contributed by atoms with Crippen molar-refractivity contribution >= 4 is 26.6 Å². The van der Waals surface area contributed by atoms with E-state index < -0.39 is 9.84 Å². The summed E-state index contributed by atoms with van der Waals surface area (Å²) in [6.07, 6.45) is 2.45. The molecule has 0 radical (unpaired) electrons. The van der Waals surface area contributed by atoms with Gasteiger partial charge >= 0.3 is 0 Å². The van der Waals surface area contributed by atoms with Crippen molar-refractivity contribution in [2.24, 2.45) is 0 Å². The highest BCUT2D eigenvalue weighted by atomic mass is 32.2. The molecular weight excluding hydrogens is 398 g/mol. The lowest BCUT2D eigenvalue weighted by atomic mass is 10.2. The molecule has 2 aromatic carbocycles. The van der Waals surface area contributed by atoms with Crippen LogP contribution < -0.4 is 5.32 Å². The molecule has 0 saturated heterocycles. The molecule has 0 aliphatic rings. The van der Waals surface area contributed by atoms with Crippen LogP contribution in [0.25, 0.3) is 10.9 Å². The number of fused-ring (bicyclic) bond motifs is 1. The van der Waals surface area contributed by atoms with Crippen molar-refractivity contribution in [3.05, 3.63) is 65.9 Å². The SMILES string of the molecule is Cc1ccc(CS(=O)(=O)c2cn(CC(=O)NCCCN(C)C)c3ccccc23)cc1. The normalized spacial score (nSPS) is 11.9. The van der Waals surface area contributed by atoms with Crippen LogP contribution in [0.15, 0.2) is 59.6 Å². The molecule has 0 aliphatic carbocycles. The van der Waals surface area contributed by atoms with E-state index in [-0.39, 0.29) is 23.1 Å². The summed E-state index contributed by atoms with van der Waals surface area (Å²) in [5.41, 5.74) is 2.57. The minimum absolute atomic E-state index is 0.0714. The number of hydrogen-bond donors (Lipinski definition) is 1. The molecule has 0 atom stereocenters. The van der Waals surface area contributed by atoms with Crippen molar-refractivity contribution in [2.75, 3.05) is 27.2 Å². The molecule has 1 aromatic heterocycles. The Kier molecular flexibility index (Phi) is 6.95. The van der Waals surface area contributed by atoms with Gasteiger partial charge in [0.15, 0.2) is 9.84 Å². The molecule has 30 heavy (non-hydrogen) atoms. The van der Waals surface area contributed by atoms with Crippen LogP contribution in [0.1, 0.15) is 17.5 Å². The summed E-state index contributed by atoms with van der Waals surface area (Å²) in [6, 6.07) is 14.8. The molecule has 160 valence electrons. The first-order valence-corrected chi connectivity index (χ1v) is 11.7. The van der Waals surface area contributed by atoms with E-state index in [1.54, 1.807) is 16.8 Å². The van der Waals surface area contributed by atoms with Crippen LogP contribution in [0.4, 0.5) is 0 Å². The summed E-state index contributed by atoms with van der Waals surface area (Å²) in [4.78, 5) is 14.7. The molecule has 0 saturated carbocycles. The number of carbonyl (C=O) groups is 1. The molecule has 3 rings (SSSR count). The average Bonchev–Trinajstić information content (AvgIpc) is 3.06. The molecule has 0 spiro atoms. The van der Waals surface area contributed by atoms with Crippen LogP contribution in [0.2, 0.25) is 0 Å². The van der Waals surface area contributed by atoms with Crippen molar-refractivity contribution in [1.29, 1.82) is 0 Å². The van der Waals surface area contributed by atoms with E-state index in [0.717, 1.165) is 29.6 Å². The van der Waals surface area contributed by atoms with Gasteiger partial charge in [0, 0.05) is 23.6 Å². The van der Waals surface area contributed by atoms with Gasteiger partial charge < -0.3 is 14.8 Å². The summed E-state index contributed by atoms with van der Waals surface area (Å²) in [6.45, 7) is 3.54. The highest BCUT2D eigenvalue weighted by Gasteiger charge is 2.22. The van der Waals surface area contributed by atoms with E-state index in [0.29, 0.717) is 11.9 Å². The fourth-order valence-electron chi connectivity index (χ4n) is 3.41. The number of amides is 1. The maximum Gasteiger partial charge on any atom is 0.239 e. The molecular formula is C23H29N3O3S. The van der Waals surface area contributed by atoms with Gasteiger partial charge in [-0.25, -0.2) is 8.42 Å². The summed E-state index contributed by atoms with van der Waals surface area (Å²) < 4.78 is 28.0. The van der Waals surface area contributed by atoms with Crippen molar-refractivity contribution < 1.29 is 13.2 Å². The van der Waals surface area contributed by atoms with Crippen LogP contribution in [0, 0.1) is 6.92 Å². The third kappa shape index (κ3) is 5.49. The van der Waals surface area contributed by atoms with Gasteiger partial charge in [0.25, 0.3) is 0 Å². The molecule has 1 amide bonds. The number of aromatic nitrogens is 1. The Balaban J connectivity index is 1.81. The van der Waals surface area contributed by atoms with Crippen LogP contribution in [0.3, 0.4) is 0 Å². The predicted molar refractivity (Wildman–Crippen MR) is 120 cm³/mol. The first kappa shape index (κ1) is 22.1. The molecule has 1 heterocycles. The van der Waals surface area contributed by atoms with E-state index >= 15 is 0 Å². The summed E-state index contributed by atoms with van der Waals surface area (Å²) in [5, 5.41) is 3.55. The molecule has 1 N–H and O–H groups in total. The van der Waals surface area contributed by atoms with Gasteiger partial charge in [0.2, 0.25) is 5.91 Å². The highest BCUT2D eigenvalue weighted by Crippen LogP contribution is 2.28. The molecule has 6 nitrogen and oxygen atoms in total. The van der Waals surface area contributed by atoms with E-state index in [4.69, 9.17) is 0 Å². The number of aryl methyl sites for hydroxylation is 1. The van der Waals surface area contributed by atoms with E-state index in [2.05, 4.69) is 10.2 Å². The van der Waals surface area contributed by atoms with Gasteiger partial charge in [-0.2, -0.15) is 0 Å². The van der Waals surface area contributed by atoms with Crippen LogP contribution >= 0.6 is 0 Å². The van der Waals surface area contributed by atoms with Crippen molar-refractivity contribution in [2.45, 2.75) is 30.5 Å². The van der Waals surface area contributed by atoms with Gasteiger partial charge in [-0.3, -0.25) is 4.79 Å². The summed E-state index contributed by atoms with van der Waals surface area (Å²) in [5.74, 6) is -0.199. The Hall–Kier alpha value is -2.64. The van der Waals surface area contributed by atoms with Gasteiger partial charge in [-0.1, -0.05) is 48.0 Å². The monoisotopic (exact) mass is 427 g/mol. The number of rotatable bonds is 9. The Morgan fingerprint density at radius 2 is 1.77 bits per heavy atom. The van der Waals surface area contributed by atoms with Gasteiger partial charge in [0.1, 0.15) is 6.54 Å².